The topological polar surface area (TPSA) is 235 Å². The summed E-state index contributed by atoms with van der Waals surface area (Å²) in [6, 6.07) is 24.3. The molecular weight excluding hydrogens is 773 g/mol. The molecule has 61 heavy (non-hydrogen) atoms. The van der Waals surface area contributed by atoms with Crippen molar-refractivity contribution < 1.29 is 28.7 Å². The predicted molar refractivity (Wildman–Crippen MR) is 239 cm³/mol. The summed E-state index contributed by atoms with van der Waals surface area (Å²) >= 11 is 0. The van der Waals surface area contributed by atoms with Crippen LogP contribution in [0.1, 0.15) is 95.4 Å². The van der Waals surface area contributed by atoms with Gasteiger partial charge in [-0.1, -0.05) is 60.7 Å². The molecule has 0 unspecified atom stereocenters. The van der Waals surface area contributed by atoms with Crippen LogP contribution in [0.4, 0.5) is 16.4 Å². The van der Waals surface area contributed by atoms with Gasteiger partial charge in [-0.3, -0.25) is 19.2 Å². The third-order valence-electron chi connectivity index (χ3n) is 9.65. The summed E-state index contributed by atoms with van der Waals surface area (Å²) in [5.41, 5.74) is 20.9. The molecule has 14 nitrogen and oxygen atoms in total. The molecule has 0 aliphatic heterocycles. The lowest BCUT2D eigenvalue weighted by atomic mass is 10.0. The Labute approximate surface area is 360 Å². The van der Waals surface area contributed by atoms with E-state index in [2.05, 4.69) is 25.9 Å². The molecule has 0 aliphatic rings. The number of hydrogen-bond acceptors (Lipinski definition) is 11. The fourth-order valence-corrected chi connectivity index (χ4v) is 6.23. The van der Waals surface area contributed by atoms with Crippen LogP contribution in [0.2, 0.25) is 0 Å². The second-order valence-corrected chi connectivity index (χ2v) is 16.1. The number of benzene rings is 2. The summed E-state index contributed by atoms with van der Waals surface area (Å²) in [5.74, 6) is 0.153. The zero-order valence-corrected chi connectivity index (χ0v) is 36.2. The van der Waals surface area contributed by atoms with Crippen molar-refractivity contribution in [3.8, 4) is 0 Å². The van der Waals surface area contributed by atoms with E-state index in [-0.39, 0.29) is 17.5 Å². The van der Waals surface area contributed by atoms with E-state index in [1.54, 1.807) is 59.1 Å². The van der Waals surface area contributed by atoms with Gasteiger partial charge < -0.3 is 37.9 Å². The maximum Gasteiger partial charge on any atom is 0.408 e. The van der Waals surface area contributed by atoms with Crippen LogP contribution in [-0.2, 0) is 49.6 Å². The highest BCUT2D eigenvalue weighted by molar-refractivity contribution is 5.92. The molecule has 4 atom stereocenters. The molecule has 0 aliphatic carbocycles. The SMILES string of the molecule is C[C@H](NC(=O)[C@@H](CCc1ccccc1)NC(=O)OC(C)(C)C)C(=O)CCCc1ccnc(N)c1.C[C@H](NC(=O)[C@H](N)CCc1ccccc1)C(=O)CCCc1ccnc(N)c1. The number of aryl methyl sites for hydroxylation is 4. The van der Waals surface area contributed by atoms with Crippen LogP contribution in [0.3, 0.4) is 0 Å². The van der Waals surface area contributed by atoms with E-state index < -0.39 is 41.8 Å². The van der Waals surface area contributed by atoms with Gasteiger partial charge in [0.15, 0.2) is 11.6 Å². The van der Waals surface area contributed by atoms with E-state index in [9.17, 15) is 24.0 Å². The van der Waals surface area contributed by atoms with E-state index in [4.69, 9.17) is 21.9 Å². The first-order valence-corrected chi connectivity index (χ1v) is 20.9. The number of alkyl carbamates (subject to hydrolysis) is 1. The van der Waals surface area contributed by atoms with Crippen LogP contribution >= 0.6 is 0 Å². The minimum absolute atomic E-state index is 0.000590. The summed E-state index contributed by atoms with van der Waals surface area (Å²) in [6.07, 6.45) is 8.35. The van der Waals surface area contributed by atoms with Crippen molar-refractivity contribution in [3.05, 3.63) is 120 Å². The normalized spacial score (nSPS) is 13.0. The Balaban J connectivity index is 0.000000334. The molecule has 2 heterocycles. The Morgan fingerprint density at radius 2 is 1.05 bits per heavy atom. The van der Waals surface area contributed by atoms with Gasteiger partial charge in [0.1, 0.15) is 23.3 Å². The number of nitrogen functional groups attached to an aromatic ring is 2. The van der Waals surface area contributed by atoms with Gasteiger partial charge >= 0.3 is 6.09 Å². The molecule has 0 fully saturated rings. The van der Waals surface area contributed by atoms with Gasteiger partial charge in [-0.2, -0.15) is 0 Å². The van der Waals surface area contributed by atoms with Crippen molar-refractivity contribution >= 4 is 41.1 Å². The molecule has 0 saturated carbocycles. The van der Waals surface area contributed by atoms with Crippen molar-refractivity contribution in [2.75, 3.05) is 11.5 Å². The number of ketones is 2. The molecule has 2 aromatic carbocycles. The van der Waals surface area contributed by atoms with Crippen LogP contribution in [0.25, 0.3) is 0 Å². The van der Waals surface area contributed by atoms with E-state index in [0.717, 1.165) is 35.1 Å². The second kappa shape index (κ2) is 25.5. The number of Topliss-reactive ketones (excluding diaryl/α,β-unsaturated/α-hetero) is 2. The maximum absolute atomic E-state index is 13.0. The molecule has 4 aromatic rings. The molecular formula is C47H64N8O6. The zero-order chi connectivity index (χ0) is 44.8. The number of pyridine rings is 2. The number of carbonyl (C=O) groups is 5. The number of amides is 3. The standard InChI is InChI=1S/C26H36N4O4.C21H28N4O2/c1-18(22(31)12-8-11-20-15-16-28-23(27)17-20)29-24(32)21(30-25(33)34-26(2,3)4)14-13-19-9-6-5-7-10-19;1-15(19(26)9-5-8-17-12-13-24-20(23)14-17)25-21(27)18(22)11-10-16-6-3-2-4-7-16/h5-7,9-10,15-18,21H,8,11-14H2,1-4H3,(H2,27,28)(H,29,32)(H,30,33);2-4,6-7,12-15,18H,5,8-11,22H2,1H3,(H2,23,24)(H,25,27)/t18-,21+;15-,18+/m00/s1. The summed E-state index contributed by atoms with van der Waals surface area (Å²) < 4.78 is 5.32. The Morgan fingerprint density at radius 3 is 1.49 bits per heavy atom. The summed E-state index contributed by atoms with van der Waals surface area (Å²) in [7, 11) is 0. The van der Waals surface area contributed by atoms with Crippen LogP contribution in [0.5, 0.6) is 0 Å². The van der Waals surface area contributed by atoms with Gasteiger partial charge in [0.25, 0.3) is 0 Å². The number of rotatable bonds is 21. The first-order chi connectivity index (χ1) is 29.0. The van der Waals surface area contributed by atoms with Gasteiger partial charge in [0.05, 0.1) is 18.1 Å². The monoisotopic (exact) mass is 836 g/mol. The maximum atomic E-state index is 13.0. The minimum Gasteiger partial charge on any atom is -0.444 e. The largest absolute Gasteiger partial charge is 0.444 e. The molecule has 9 N–H and O–H groups in total. The lowest BCUT2D eigenvalue weighted by molar-refractivity contribution is -0.128. The van der Waals surface area contributed by atoms with Crippen molar-refractivity contribution in [3.63, 3.8) is 0 Å². The molecule has 0 bridgehead atoms. The van der Waals surface area contributed by atoms with E-state index in [0.29, 0.717) is 63.0 Å². The number of nitrogens with one attached hydrogen (secondary N) is 3. The van der Waals surface area contributed by atoms with Crippen LogP contribution in [0.15, 0.2) is 97.3 Å². The Kier molecular flexibility index (Phi) is 20.5. The highest BCUT2D eigenvalue weighted by atomic mass is 16.6. The average Bonchev–Trinajstić information content (AvgIpc) is 3.21. The molecule has 0 spiro atoms. The number of hydrogen-bond donors (Lipinski definition) is 6. The van der Waals surface area contributed by atoms with Gasteiger partial charge in [-0.15, -0.1) is 0 Å². The van der Waals surface area contributed by atoms with Crippen molar-refractivity contribution in [1.29, 1.82) is 0 Å². The summed E-state index contributed by atoms with van der Waals surface area (Å²) in [4.78, 5) is 70.2. The predicted octanol–water partition coefficient (Wildman–Crippen LogP) is 5.61. The number of nitrogens with zero attached hydrogens (tertiary/aromatic N) is 2. The number of carbonyl (C=O) groups excluding carboxylic acids is 5. The average molecular weight is 837 g/mol. The molecule has 328 valence electrons. The second-order valence-electron chi connectivity index (χ2n) is 16.1. The number of ether oxygens (including phenoxy) is 1. The molecule has 0 radical (unpaired) electrons. The van der Waals surface area contributed by atoms with Gasteiger partial charge in [0, 0.05) is 25.2 Å². The third-order valence-corrected chi connectivity index (χ3v) is 9.65. The van der Waals surface area contributed by atoms with Gasteiger partial charge in [-0.05, 0) is 133 Å². The number of aromatic nitrogens is 2. The van der Waals surface area contributed by atoms with Gasteiger partial charge in [-0.25, -0.2) is 14.8 Å². The Hall–Kier alpha value is -6.15. The number of nitrogens with two attached hydrogens (primary N) is 3. The minimum atomic E-state index is -0.829. The lowest BCUT2D eigenvalue weighted by Gasteiger charge is -2.24. The summed E-state index contributed by atoms with van der Waals surface area (Å²) in [6.45, 7) is 8.63. The molecule has 4 rings (SSSR count). The van der Waals surface area contributed by atoms with Crippen LogP contribution in [0, 0.1) is 0 Å². The first kappa shape index (κ1) is 49.2. The Morgan fingerprint density at radius 1 is 0.607 bits per heavy atom. The molecule has 3 amide bonds. The van der Waals surface area contributed by atoms with Crippen LogP contribution < -0.4 is 33.2 Å². The Bertz CT molecular complexity index is 1990. The van der Waals surface area contributed by atoms with Crippen LogP contribution in [-0.4, -0.2) is 69.2 Å². The third kappa shape index (κ3) is 20.1. The highest BCUT2D eigenvalue weighted by Gasteiger charge is 2.27. The molecule has 14 heteroatoms. The zero-order valence-electron chi connectivity index (χ0n) is 36.2. The first-order valence-electron chi connectivity index (χ1n) is 20.9. The van der Waals surface area contributed by atoms with Crippen molar-refractivity contribution in [1.82, 2.24) is 25.9 Å². The molecule has 2 aromatic heterocycles. The fraction of sp³-hybridized carbons (Fsp3) is 0.426. The van der Waals surface area contributed by atoms with Crippen molar-refractivity contribution in [2.45, 2.75) is 129 Å². The smallest absolute Gasteiger partial charge is 0.408 e. The summed E-state index contributed by atoms with van der Waals surface area (Å²) in [5, 5.41) is 8.14. The highest BCUT2D eigenvalue weighted by Crippen LogP contribution is 2.13. The van der Waals surface area contributed by atoms with Crippen molar-refractivity contribution in [2.24, 2.45) is 5.73 Å². The van der Waals surface area contributed by atoms with Gasteiger partial charge in [0.2, 0.25) is 11.8 Å². The van der Waals surface area contributed by atoms with E-state index in [1.165, 1.54) is 0 Å². The number of anilines is 2. The van der Waals surface area contributed by atoms with E-state index >= 15 is 0 Å². The fourth-order valence-electron chi connectivity index (χ4n) is 6.23. The van der Waals surface area contributed by atoms with E-state index in [1.807, 2.05) is 72.8 Å². The quantitative estimate of drug-likeness (QED) is 0.0604. The lowest BCUT2D eigenvalue weighted by Crippen LogP contribution is -2.51. The molecule has 0 saturated heterocycles.